The van der Waals surface area contributed by atoms with Crippen molar-refractivity contribution in [1.29, 1.82) is 0 Å². The second-order valence-corrected chi connectivity index (χ2v) is 9.67. The minimum atomic E-state index is -0.231. The summed E-state index contributed by atoms with van der Waals surface area (Å²) in [7, 11) is 1.86. The summed E-state index contributed by atoms with van der Waals surface area (Å²) in [6.07, 6.45) is 1.72. The van der Waals surface area contributed by atoms with E-state index in [0.717, 1.165) is 18.4 Å². The van der Waals surface area contributed by atoms with Crippen LogP contribution in [0.2, 0.25) is 10.0 Å². The molecule has 33 heavy (non-hydrogen) atoms. The monoisotopic (exact) mass is 503 g/mol. The van der Waals surface area contributed by atoms with Gasteiger partial charge in [-0.05, 0) is 50.1 Å². The first-order valence-electron chi connectivity index (χ1n) is 10.5. The fourth-order valence-electron chi connectivity index (χ4n) is 3.79. The number of hydrogen-bond acceptors (Lipinski definition) is 5. The SMILES string of the molecule is Cc1ccc(C(=O)N2CCCC2c2nnc(SCC(=O)Nc3cc(Cl)ccc3Cl)n2C)cc1. The molecule has 1 saturated heterocycles. The molecule has 172 valence electrons. The van der Waals surface area contributed by atoms with Gasteiger partial charge < -0.3 is 14.8 Å². The van der Waals surface area contributed by atoms with Gasteiger partial charge in [0.2, 0.25) is 5.91 Å². The Morgan fingerprint density at radius 3 is 2.67 bits per heavy atom. The second kappa shape index (κ2) is 10.2. The standard InChI is InChI=1S/C23H23Cl2N5O2S/c1-14-5-7-15(8-6-14)22(32)30-11-3-4-19(30)21-27-28-23(29(21)2)33-13-20(31)26-18-12-16(24)9-10-17(18)25/h5-10,12,19H,3-4,11,13H2,1-2H3,(H,26,31). The number of carbonyl (C=O) groups is 2. The Balaban J connectivity index is 1.42. The molecule has 0 saturated carbocycles. The molecule has 1 aliphatic rings. The third kappa shape index (κ3) is 5.34. The van der Waals surface area contributed by atoms with Crippen LogP contribution in [0.3, 0.4) is 0 Å². The molecule has 2 aromatic carbocycles. The highest BCUT2D eigenvalue weighted by molar-refractivity contribution is 7.99. The van der Waals surface area contributed by atoms with E-state index >= 15 is 0 Å². The molecule has 2 amide bonds. The lowest BCUT2D eigenvalue weighted by molar-refractivity contribution is -0.113. The molecule has 1 atom stereocenters. The van der Waals surface area contributed by atoms with Crippen molar-refractivity contribution in [2.75, 3.05) is 17.6 Å². The van der Waals surface area contributed by atoms with Gasteiger partial charge in [-0.15, -0.1) is 10.2 Å². The summed E-state index contributed by atoms with van der Waals surface area (Å²) in [5.41, 5.74) is 2.24. The maximum absolute atomic E-state index is 13.1. The average Bonchev–Trinajstić information content (AvgIpc) is 3.41. The Hall–Kier alpha value is -2.55. The molecule has 1 fully saturated rings. The molecular weight excluding hydrogens is 481 g/mol. The lowest BCUT2D eigenvalue weighted by Crippen LogP contribution is -2.31. The first-order valence-corrected chi connectivity index (χ1v) is 12.2. The maximum Gasteiger partial charge on any atom is 0.254 e. The van der Waals surface area contributed by atoms with Crippen molar-refractivity contribution in [3.05, 3.63) is 69.5 Å². The quantitative estimate of drug-likeness (QED) is 0.471. The van der Waals surface area contributed by atoms with Crippen LogP contribution in [-0.2, 0) is 11.8 Å². The number of carbonyl (C=O) groups excluding carboxylic acids is 2. The van der Waals surface area contributed by atoms with Gasteiger partial charge in [0, 0.05) is 24.2 Å². The van der Waals surface area contributed by atoms with Crippen LogP contribution in [0.4, 0.5) is 5.69 Å². The van der Waals surface area contributed by atoms with E-state index in [1.54, 1.807) is 18.2 Å². The Morgan fingerprint density at radius 2 is 1.91 bits per heavy atom. The van der Waals surface area contributed by atoms with Gasteiger partial charge in [-0.1, -0.05) is 52.7 Å². The van der Waals surface area contributed by atoms with Crippen LogP contribution in [0.1, 0.15) is 40.6 Å². The van der Waals surface area contributed by atoms with Crippen LogP contribution in [0, 0.1) is 6.92 Å². The number of anilines is 1. The maximum atomic E-state index is 13.1. The number of aryl methyl sites for hydroxylation is 1. The zero-order valence-corrected chi connectivity index (χ0v) is 20.5. The summed E-state index contributed by atoms with van der Waals surface area (Å²) in [4.78, 5) is 27.4. The van der Waals surface area contributed by atoms with E-state index in [-0.39, 0.29) is 23.6 Å². The van der Waals surface area contributed by atoms with Crippen LogP contribution in [0.5, 0.6) is 0 Å². The minimum Gasteiger partial charge on any atom is -0.328 e. The molecule has 1 unspecified atom stereocenters. The predicted molar refractivity (Wildman–Crippen MR) is 131 cm³/mol. The summed E-state index contributed by atoms with van der Waals surface area (Å²) < 4.78 is 1.86. The Morgan fingerprint density at radius 1 is 1.15 bits per heavy atom. The van der Waals surface area contributed by atoms with Crippen LogP contribution < -0.4 is 5.32 Å². The molecule has 0 bridgehead atoms. The van der Waals surface area contributed by atoms with E-state index < -0.39 is 0 Å². The van der Waals surface area contributed by atoms with Crippen molar-refractivity contribution in [2.45, 2.75) is 31.0 Å². The highest BCUT2D eigenvalue weighted by atomic mass is 35.5. The number of hydrogen-bond donors (Lipinski definition) is 1. The van der Waals surface area contributed by atoms with E-state index in [2.05, 4.69) is 15.5 Å². The van der Waals surface area contributed by atoms with Crippen LogP contribution in [-0.4, -0.2) is 43.8 Å². The number of benzene rings is 2. The largest absolute Gasteiger partial charge is 0.328 e. The number of likely N-dealkylation sites (tertiary alicyclic amines) is 1. The van der Waals surface area contributed by atoms with Crippen molar-refractivity contribution in [3.63, 3.8) is 0 Å². The summed E-state index contributed by atoms with van der Waals surface area (Å²) in [5.74, 6) is 0.609. The van der Waals surface area contributed by atoms with Gasteiger partial charge in [0.15, 0.2) is 11.0 Å². The van der Waals surface area contributed by atoms with Gasteiger partial charge >= 0.3 is 0 Å². The summed E-state index contributed by atoms with van der Waals surface area (Å²) in [5, 5.41) is 12.9. The Bertz CT molecular complexity index is 1180. The van der Waals surface area contributed by atoms with Gasteiger partial charge in [0.25, 0.3) is 5.91 Å². The fraction of sp³-hybridized carbons (Fsp3) is 0.304. The predicted octanol–water partition coefficient (Wildman–Crippen LogP) is 5.14. The van der Waals surface area contributed by atoms with E-state index in [9.17, 15) is 9.59 Å². The van der Waals surface area contributed by atoms with Crippen molar-refractivity contribution < 1.29 is 9.59 Å². The zero-order valence-electron chi connectivity index (χ0n) is 18.2. The number of aromatic nitrogens is 3. The normalized spacial score (nSPS) is 15.6. The summed E-state index contributed by atoms with van der Waals surface area (Å²) >= 11 is 13.4. The summed E-state index contributed by atoms with van der Waals surface area (Å²) in [6.45, 7) is 2.67. The number of amides is 2. The van der Waals surface area contributed by atoms with Gasteiger partial charge in [-0.3, -0.25) is 9.59 Å². The molecule has 0 spiro atoms. The Kier molecular flexibility index (Phi) is 7.26. The average molecular weight is 504 g/mol. The molecule has 1 N–H and O–H groups in total. The third-order valence-corrected chi connectivity index (χ3v) is 7.10. The molecule has 0 radical (unpaired) electrons. The number of thioether (sulfide) groups is 1. The third-order valence-electron chi connectivity index (χ3n) is 5.51. The lowest BCUT2D eigenvalue weighted by Gasteiger charge is -2.24. The summed E-state index contributed by atoms with van der Waals surface area (Å²) in [6, 6.07) is 12.3. The van der Waals surface area contributed by atoms with E-state index in [0.29, 0.717) is 38.8 Å². The molecule has 0 aliphatic carbocycles. The van der Waals surface area contributed by atoms with Gasteiger partial charge in [0.1, 0.15) is 0 Å². The van der Waals surface area contributed by atoms with Crippen LogP contribution in [0.15, 0.2) is 47.6 Å². The molecule has 1 aliphatic heterocycles. The number of nitrogens with one attached hydrogen (secondary N) is 1. The smallest absolute Gasteiger partial charge is 0.254 e. The fourth-order valence-corrected chi connectivity index (χ4v) is 4.85. The topological polar surface area (TPSA) is 80.1 Å². The number of nitrogens with zero attached hydrogens (tertiary/aromatic N) is 4. The lowest BCUT2D eigenvalue weighted by atomic mass is 10.1. The molecule has 2 heterocycles. The first kappa shape index (κ1) is 23.6. The molecular formula is C23H23Cl2N5O2S. The molecule has 3 aromatic rings. The van der Waals surface area contributed by atoms with E-state index in [4.69, 9.17) is 23.2 Å². The molecule has 1 aromatic heterocycles. The zero-order chi connectivity index (χ0) is 23.5. The number of halogens is 2. The first-order chi connectivity index (χ1) is 15.8. The van der Waals surface area contributed by atoms with Crippen molar-refractivity contribution in [2.24, 2.45) is 7.05 Å². The van der Waals surface area contributed by atoms with Crippen molar-refractivity contribution in [3.8, 4) is 0 Å². The molecule has 7 nitrogen and oxygen atoms in total. The van der Waals surface area contributed by atoms with Crippen LogP contribution >= 0.6 is 35.0 Å². The van der Waals surface area contributed by atoms with E-state index in [1.807, 2.05) is 47.7 Å². The van der Waals surface area contributed by atoms with E-state index in [1.165, 1.54) is 11.8 Å². The highest BCUT2D eigenvalue weighted by Crippen LogP contribution is 2.33. The second-order valence-electron chi connectivity index (χ2n) is 7.88. The minimum absolute atomic E-state index is 0.00696. The van der Waals surface area contributed by atoms with Gasteiger partial charge in [-0.2, -0.15) is 0 Å². The van der Waals surface area contributed by atoms with Crippen molar-refractivity contribution in [1.82, 2.24) is 19.7 Å². The number of rotatable bonds is 6. The van der Waals surface area contributed by atoms with Gasteiger partial charge in [0.05, 0.1) is 22.5 Å². The Labute approximate surface area is 206 Å². The van der Waals surface area contributed by atoms with Gasteiger partial charge in [-0.25, -0.2) is 0 Å². The molecule has 4 rings (SSSR count). The highest BCUT2D eigenvalue weighted by Gasteiger charge is 2.34. The van der Waals surface area contributed by atoms with Crippen molar-refractivity contribution >= 4 is 52.5 Å². The molecule has 10 heteroatoms. The van der Waals surface area contributed by atoms with Crippen LogP contribution in [0.25, 0.3) is 0 Å².